The average molecular weight is 575 g/mol. The molecule has 45 heavy (non-hydrogen) atoms. The Labute approximate surface area is 255 Å². The molecule has 0 N–H and O–H groups in total. The molecule has 0 atom stereocenters. The van der Waals surface area contributed by atoms with E-state index in [1.807, 2.05) is 36.4 Å². The van der Waals surface area contributed by atoms with Gasteiger partial charge in [0.25, 0.3) is 0 Å². The zero-order chi connectivity index (χ0) is 29.2. The van der Waals surface area contributed by atoms with E-state index >= 15 is 0 Å². The summed E-state index contributed by atoms with van der Waals surface area (Å²) in [6.07, 6.45) is 0. The molecule has 11 rings (SSSR count). The molecule has 0 saturated carbocycles. The number of furan rings is 1. The standard InChI is InChI=1S/C40H22N4O/c1-2-12-23(13-3-1)39-41-36-27-17-7-11-21-33(27)45-38(36)40(42-39)44-31-20-10-5-15-25(31)34-32(44)22-28-24-14-4-8-18-29(24)43-30-19-9-6-16-26(30)35(34)37(28)43/h1-22H. The third-order valence-electron chi connectivity index (χ3n) is 9.45. The van der Waals surface area contributed by atoms with E-state index in [9.17, 15) is 0 Å². The molecule has 0 fully saturated rings. The summed E-state index contributed by atoms with van der Waals surface area (Å²) in [5.41, 5.74) is 9.12. The van der Waals surface area contributed by atoms with Crippen molar-refractivity contribution in [1.29, 1.82) is 0 Å². The Bertz CT molecular complexity index is 2980. The van der Waals surface area contributed by atoms with E-state index in [0.717, 1.165) is 38.9 Å². The highest BCUT2D eigenvalue weighted by molar-refractivity contribution is 6.35. The maximum atomic E-state index is 6.61. The van der Waals surface area contributed by atoms with E-state index in [4.69, 9.17) is 14.4 Å². The van der Waals surface area contributed by atoms with Crippen LogP contribution in [0.4, 0.5) is 0 Å². The first-order valence-corrected chi connectivity index (χ1v) is 15.2. The maximum absolute atomic E-state index is 6.61. The van der Waals surface area contributed by atoms with Gasteiger partial charge in [0.2, 0.25) is 0 Å². The highest BCUT2D eigenvalue weighted by atomic mass is 16.3. The first-order valence-electron chi connectivity index (χ1n) is 15.2. The Balaban J connectivity index is 1.41. The largest absolute Gasteiger partial charge is 0.450 e. The Morgan fingerprint density at radius 2 is 1.11 bits per heavy atom. The van der Waals surface area contributed by atoms with Crippen molar-refractivity contribution in [3.8, 4) is 17.2 Å². The molecule has 0 saturated heterocycles. The van der Waals surface area contributed by atoms with Crippen LogP contribution in [0.1, 0.15) is 0 Å². The van der Waals surface area contributed by atoms with Crippen LogP contribution >= 0.6 is 0 Å². The summed E-state index contributed by atoms with van der Waals surface area (Å²) >= 11 is 0. The molecule has 0 aliphatic heterocycles. The van der Waals surface area contributed by atoms with Crippen molar-refractivity contribution >= 4 is 82.0 Å². The van der Waals surface area contributed by atoms with E-state index < -0.39 is 0 Å². The van der Waals surface area contributed by atoms with Gasteiger partial charge < -0.3 is 8.82 Å². The molecular weight excluding hydrogens is 552 g/mol. The number of hydrogen-bond acceptors (Lipinski definition) is 3. The zero-order valence-corrected chi connectivity index (χ0v) is 23.9. The summed E-state index contributed by atoms with van der Waals surface area (Å²) in [6, 6.07) is 46.9. The molecule has 5 heterocycles. The molecule has 5 heteroatoms. The smallest absolute Gasteiger partial charge is 0.197 e. The van der Waals surface area contributed by atoms with Gasteiger partial charge in [-0.15, -0.1) is 0 Å². The second-order valence-electron chi connectivity index (χ2n) is 11.8. The summed E-state index contributed by atoms with van der Waals surface area (Å²) in [5, 5.41) is 8.36. The van der Waals surface area contributed by atoms with Crippen molar-refractivity contribution in [2.45, 2.75) is 0 Å². The van der Waals surface area contributed by atoms with Crippen molar-refractivity contribution in [1.82, 2.24) is 18.9 Å². The van der Waals surface area contributed by atoms with Gasteiger partial charge in [0, 0.05) is 43.3 Å². The predicted octanol–water partition coefficient (Wildman–Crippen LogP) is 10.3. The highest BCUT2D eigenvalue weighted by Crippen LogP contribution is 2.47. The van der Waals surface area contributed by atoms with Crippen LogP contribution in [0.25, 0.3) is 99.2 Å². The maximum Gasteiger partial charge on any atom is 0.197 e. The second-order valence-corrected chi connectivity index (χ2v) is 11.8. The lowest BCUT2D eigenvalue weighted by molar-refractivity contribution is 0.662. The molecule has 0 radical (unpaired) electrons. The quantitative estimate of drug-likeness (QED) is 0.206. The van der Waals surface area contributed by atoms with Crippen LogP contribution in [-0.4, -0.2) is 18.9 Å². The molecule has 6 aromatic carbocycles. The van der Waals surface area contributed by atoms with Gasteiger partial charge in [-0.05, 0) is 36.4 Å². The number of nitrogens with zero attached hydrogens (tertiary/aromatic N) is 4. The fourth-order valence-corrected chi connectivity index (χ4v) is 7.64. The molecule has 208 valence electrons. The SMILES string of the molecule is c1ccc(-c2nc(-n3c4ccccc4c4c5c6ccccc6n6c7ccccc7c(cc43)c56)c3oc4ccccc4c3n2)cc1. The monoisotopic (exact) mass is 574 g/mol. The Morgan fingerprint density at radius 3 is 1.91 bits per heavy atom. The van der Waals surface area contributed by atoms with Crippen LogP contribution in [0.5, 0.6) is 0 Å². The second kappa shape index (κ2) is 8.24. The van der Waals surface area contributed by atoms with Gasteiger partial charge in [-0.25, -0.2) is 9.97 Å². The van der Waals surface area contributed by atoms with Gasteiger partial charge in [-0.3, -0.25) is 4.57 Å². The molecule has 0 unspecified atom stereocenters. The van der Waals surface area contributed by atoms with E-state index in [2.05, 4.69) is 106 Å². The first kappa shape index (κ1) is 23.3. The van der Waals surface area contributed by atoms with Crippen LogP contribution in [0.3, 0.4) is 0 Å². The van der Waals surface area contributed by atoms with Crippen LogP contribution in [-0.2, 0) is 0 Å². The number of fused-ring (bicyclic) bond motifs is 13. The summed E-state index contributed by atoms with van der Waals surface area (Å²) in [6.45, 7) is 0. The lowest BCUT2D eigenvalue weighted by atomic mass is 10.0. The summed E-state index contributed by atoms with van der Waals surface area (Å²) in [4.78, 5) is 10.4. The molecular formula is C40H22N4O. The molecule has 0 aliphatic rings. The molecule has 0 aliphatic carbocycles. The fraction of sp³-hybridized carbons (Fsp3) is 0. The van der Waals surface area contributed by atoms with Gasteiger partial charge in [0.15, 0.2) is 17.2 Å². The minimum absolute atomic E-state index is 0.670. The Morgan fingerprint density at radius 1 is 0.489 bits per heavy atom. The molecule has 5 aromatic heterocycles. The molecule has 0 amide bonds. The number of rotatable bonds is 2. The van der Waals surface area contributed by atoms with Gasteiger partial charge in [-0.1, -0.05) is 97.1 Å². The van der Waals surface area contributed by atoms with Crippen molar-refractivity contribution in [3.63, 3.8) is 0 Å². The third kappa shape index (κ3) is 2.88. The van der Waals surface area contributed by atoms with E-state index in [1.54, 1.807) is 0 Å². The Kier molecular flexibility index (Phi) is 4.26. The molecule has 5 nitrogen and oxygen atoms in total. The minimum Gasteiger partial charge on any atom is -0.450 e. The van der Waals surface area contributed by atoms with E-state index in [1.165, 1.54) is 48.9 Å². The van der Waals surface area contributed by atoms with Gasteiger partial charge >= 0.3 is 0 Å². The summed E-state index contributed by atoms with van der Waals surface area (Å²) < 4.78 is 11.4. The molecule has 11 aromatic rings. The predicted molar refractivity (Wildman–Crippen MR) is 184 cm³/mol. The molecule has 0 bridgehead atoms. The number of benzene rings is 6. The molecule has 0 spiro atoms. The zero-order valence-electron chi connectivity index (χ0n) is 23.9. The third-order valence-corrected chi connectivity index (χ3v) is 9.45. The summed E-state index contributed by atoms with van der Waals surface area (Å²) in [5.74, 6) is 1.41. The van der Waals surface area contributed by atoms with Gasteiger partial charge in [-0.2, -0.15) is 0 Å². The van der Waals surface area contributed by atoms with Crippen LogP contribution in [0.2, 0.25) is 0 Å². The van der Waals surface area contributed by atoms with Crippen molar-refractivity contribution in [2.75, 3.05) is 0 Å². The number of para-hydroxylation sites is 4. The summed E-state index contributed by atoms with van der Waals surface area (Å²) in [7, 11) is 0. The van der Waals surface area contributed by atoms with Crippen molar-refractivity contribution in [2.24, 2.45) is 0 Å². The highest BCUT2D eigenvalue weighted by Gasteiger charge is 2.26. The van der Waals surface area contributed by atoms with E-state index in [-0.39, 0.29) is 0 Å². The average Bonchev–Trinajstić information content (AvgIpc) is 3.83. The van der Waals surface area contributed by atoms with Crippen LogP contribution in [0.15, 0.2) is 138 Å². The van der Waals surface area contributed by atoms with Crippen molar-refractivity contribution < 1.29 is 4.42 Å². The van der Waals surface area contributed by atoms with Crippen molar-refractivity contribution in [3.05, 3.63) is 133 Å². The number of aromatic nitrogens is 4. The minimum atomic E-state index is 0.670. The van der Waals surface area contributed by atoms with E-state index in [0.29, 0.717) is 11.4 Å². The normalized spacial score (nSPS) is 12.4. The lowest BCUT2D eigenvalue weighted by Crippen LogP contribution is -2.01. The topological polar surface area (TPSA) is 48.3 Å². The van der Waals surface area contributed by atoms with Crippen LogP contribution < -0.4 is 0 Å². The number of hydrogen-bond donors (Lipinski definition) is 0. The van der Waals surface area contributed by atoms with Crippen LogP contribution in [0, 0.1) is 0 Å². The lowest BCUT2D eigenvalue weighted by Gasteiger charge is -2.10. The van der Waals surface area contributed by atoms with Gasteiger partial charge in [0.1, 0.15) is 11.1 Å². The first-order chi connectivity index (χ1) is 22.3. The Hall–Kier alpha value is -6.20. The fourth-order valence-electron chi connectivity index (χ4n) is 7.64. The van der Waals surface area contributed by atoms with Gasteiger partial charge in [0.05, 0.1) is 27.6 Å².